The maximum absolute atomic E-state index is 13.9. The molecule has 1 aliphatic heterocycles. The highest BCUT2D eigenvalue weighted by Crippen LogP contribution is 2.41. The summed E-state index contributed by atoms with van der Waals surface area (Å²) < 4.78 is 67.7. The van der Waals surface area contributed by atoms with E-state index in [-0.39, 0.29) is 12.0 Å². The zero-order valence-electron chi connectivity index (χ0n) is 16.7. The van der Waals surface area contributed by atoms with Crippen molar-refractivity contribution < 1.29 is 30.9 Å². The fourth-order valence-corrected chi connectivity index (χ4v) is 3.80. The van der Waals surface area contributed by atoms with Crippen LogP contribution in [-0.4, -0.2) is 25.4 Å². The second-order valence-electron chi connectivity index (χ2n) is 7.04. The summed E-state index contributed by atoms with van der Waals surface area (Å²) in [6.45, 7) is 0. The largest absolute Gasteiger partial charge is 0.740 e. The van der Waals surface area contributed by atoms with Crippen molar-refractivity contribution in [2.24, 2.45) is 5.10 Å². The SMILES string of the molecule is O=C1C(c2ccc(OS(=O)[O-])cc2C(F)(F)F)CC(c2ccccn2)=NN1c1ccccc1. The molecule has 0 aliphatic carbocycles. The number of aromatic nitrogens is 1. The molecule has 2 atom stereocenters. The average molecular weight is 474 g/mol. The van der Waals surface area contributed by atoms with Crippen LogP contribution in [0.2, 0.25) is 0 Å². The number of benzene rings is 2. The summed E-state index contributed by atoms with van der Waals surface area (Å²) in [6, 6.07) is 16.1. The van der Waals surface area contributed by atoms with Gasteiger partial charge >= 0.3 is 6.18 Å². The Morgan fingerprint density at radius 3 is 2.42 bits per heavy atom. The number of alkyl halides is 3. The number of para-hydroxylation sites is 1. The number of carbonyl (C=O) groups is 1. The van der Waals surface area contributed by atoms with Crippen molar-refractivity contribution >= 4 is 28.7 Å². The van der Waals surface area contributed by atoms with Crippen LogP contribution in [0.15, 0.2) is 78.0 Å². The Labute approximate surface area is 189 Å². The molecule has 170 valence electrons. The lowest BCUT2D eigenvalue weighted by molar-refractivity contribution is -0.138. The van der Waals surface area contributed by atoms with Crippen LogP contribution in [0.1, 0.15) is 29.2 Å². The van der Waals surface area contributed by atoms with Crippen molar-refractivity contribution in [3.63, 3.8) is 0 Å². The standard InChI is InChI=1S/C22H16F3N3O4S/c23-22(24,25)18-12-15(32-33(30)31)9-10-16(18)17-13-20(19-8-4-5-11-26-19)27-28(21(17)29)14-6-2-1-3-7-14/h1-12,17H,13H2,(H,30,31)/p-1. The van der Waals surface area contributed by atoms with Gasteiger partial charge in [0.15, 0.2) is 0 Å². The Bertz CT molecular complexity index is 1220. The molecular weight excluding hydrogens is 459 g/mol. The van der Waals surface area contributed by atoms with Gasteiger partial charge in [-0.3, -0.25) is 9.78 Å². The average Bonchev–Trinajstić information content (AvgIpc) is 2.79. The highest BCUT2D eigenvalue weighted by Gasteiger charge is 2.41. The van der Waals surface area contributed by atoms with Crippen LogP contribution in [0.3, 0.4) is 0 Å². The third-order valence-corrected chi connectivity index (χ3v) is 5.28. The van der Waals surface area contributed by atoms with Gasteiger partial charge in [-0.15, -0.1) is 0 Å². The molecule has 33 heavy (non-hydrogen) atoms. The molecule has 2 heterocycles. The van der Waals surface area contributed by atoms with Crippen LogP contribution < -0.4 is 9.19 Å². The molecule has 0 saturated heterocycles. The highest BCUT2D eigenvalue weighted by atomic mass is 32.2. The number of pyridine rings is 1. The number of amides is 1. The molecule has 4 rings (SSSR count). The Balaban J connectivity index is 1.84. The molecule has 3 aromatic rings. The summed E-state index contributed by atoms with van der Waals surface area (Å²) in [7, 11) is 0. The van der Waals surface area contributed by atoms with Gasteiger partial charge in [0.2, 0.25) is 0 Å². The van der Waals surface area contributed by atoms with Crippen LogP contribution in [0.5, 0.6) is 5.75 Å². The molecule has 0 bridgehead atoms. The normalized spacial score (nSPS) is 17.5. The minimum Gasteiger partial charge on any atom is -0.740 e. The van der Waals surface area contributed by atoms with Gasteiger partial charge in [-0.25, -0.2) is 4.21 Å². The van der Waals surface area contributed by atoms with E-state index in [2.05, 4.69) is 14.3 Å². The molecule has 7 nitrogen and oxygen atoms in total. The van der Waals surface area contributed by atoms with Gasteiger partial charge < -0.3 is 8.74 Å². The molecule has 1 aliphatic rings. The van der Waals surface area contributed by atoms with E-state index < -0.39 is 40.7 Å². The Morgan fingerprint density at radius 1 is 1.06 bits per heavy atom. The molecule has 1 amide bonds. The lowest BCUT2D eigenvalue weighted by Gasteiger charge is -2.31. The van der Waals surface area contributed by atoms with Gasteiger partial charge in [-0.2, -0.15) is 23.3 Å². The van der Waals surface area contributed by atoms with E-state index in [1.807, 2.05) is 0 Å². The van der Waals surface area contributed by atoms with E-state index in [9.17, 15) is 26.7 Å². The fourth-order valence-electron chi connectivity index (χ4n) is 3.54. The summed E-state index contributed by atoms with van der Waals surface area (Å²) in [5, 5.41) is 5.44. The molecule has 0 spiro atoms. The first kappa shape index (κ1) is 22.6. The fraction of sp³-hybridized carbons (Fsp3) is 0.136. The van der Waals surface area contributed by atoms with Gasteiger partial charge in [0.05, 0.1) is 28.6 Å². The molecule has 11 heteroatoms. The van der Waals surface area contributed by atoms with E-state index in [1.54, 1.807) is 48.5 Å². The van der Waals surface area contributed by atoms with Crippen molar-refractivity contribution in [2.75, 3.05) is 5.01 Å². The molecule has 0 N–H and O–H groups in total. The smallest absolute Gasteiger partial charge is 0.416 e. The van der Waals surface area contributed by atoms with Gasteiger partial charge in [0.1, 0.15) is 17.1 Å². The maximum Gasteiger partial charge on any atom is 0.416 e. The van der Waals surface area contributed by atoms with Crippen LogP contribution in [0.25, 0.3) is 0 Å². The van der Waals surface area contributed by atoms with Crippen LogP contribution in [0, 0.1) is 0 Å². The van der Waals surface area contributed by atoms with E-state index in [1.165, 1.54) is 6.20 Å². The van der Waals surface area contributed by atoms with Crippen molar-refractivity contribution in [2.45, 2.75) is 18.5 Å². The van der Waals surface area contributed by atoms with Crippen LogP contribution >= 0.6 is 0 Å². The lowest BCUT2D eigenvalue weighted by atomic mass is 9.86. The zero-order chi connectivity index (χ0) is 23.6. The number of carbonyl (C=O) groups excluding carboxylic acids is 1. The van der Waals surface area contributed by atoms with Crippen LogP contribution in [0.4, 0.5) is 18.9 Å². The lowest BCUT2D eigenvalue weighted by Crippen LogP contribution is -2.38. The maximum atomic E-state index is 13.9. The van der Waals surface area contributed by atoms with Gasteiger partial charge in [-0.1, -0.05) is 30.3 Å². The quantitative estimate of drug-likeness (QED) is 0.517. The first-order valence-electron chi connectivity index (χ1n) is 9.60. The van der Waals surface area contributed by atoms with Gasteiger partial charge in [-0.05, 0) is 42.0 Å². The van der Waals surface area contributed by atoms with Crippen molar-refractivity contribution in [3.05, 3.63) is 89.7 Å². The second kappa shape index (κ2) is 9.12. The summed E-state index contributed by atoms with van der Waals surface area (Å²) >= 11 is -3.05. The van der Waals surface area contributed by atoms with Crippen molar-refractivity contribution in [1.82, 2.24) is 4.98 Å². The molecule has 2 aromatic carbocycles. The number of hydrogen-bond donors (Lipinski definition) is 0. The number of nitrogens with zero attached hydrogens (tertiary/aromatic N) is 3. The van der Waals surface area contributed by atoms with Crippen molar-refractivity contribution in [3.8, 4) is 5.75 Å². The topological polar surface area (TPSA) is 94.9 Å². The minimum absolute atomic E-state index is 0.129. The summed E-state index contributed by atoms with van der Waals surface area (Å²) in [4.78, 5) is 17.6. The monoisotopic (exact) mass is 474 g/mol. The Morgan fingerprint density at radius 2 is 1.79 bits per heavy atom. The number of hydrogen-bond acceptors (Lipinski definition) is 6. The van der Waals surface area contributed by atoms with Crippen LogP contribution in [-0.2, 0) is 22.3 Å². The molecule has 2 unspecified atom stereocenters. The number of halogens is 3. The third-order valence-electron chi connectivity index (χ3n) is 4.96. The molecule has 0 saturated carbocycles. The van der Waals surface area contributed by atoms with E-state index in [4.69, 9.17) is 0 Å². The number of rotatable bonds is 5. The molecular formula is C22H15F3N3O4S-. The predicted molar refractivity (Wildman–Crippen MR) is 113 cm³/mol. The van der Waals surface area contributed by atoms with Crippen molar-refractivity contribution in [1.29, 1.82) is 0 Å². The van der Waals surface area contributed by atoms with Gasteiger partial charge in [0, 0.05) is 12.6 Å². The first-order valence-corrected chi connectivity index (χ1v) is 10.6. The van der Waals surface area contributed by atoms with E-state index in [0.717, 1.165) is 17.1 Å². The molecule has 0 fully saturated rings. The summed E-state index contributed by atoms with van der Waals surface area (Å²) in [5.74, 6) is -2.42. The predicted octanol–water partition coefficient (Wildman–Crippen LogP) is 4.20. The molecule has 1 aromatic heterocycles. The Hall–Kier alpha value is -3.57. The Kier molecular flexibility index (Phi) is 6.25. The minimum atomic E-state index is -4.86. The molecule has 0 radical (unpaired) electrons. The second-order valence-corrected chi connectivity index (χ2v) is 7.61. The number of hydrazone groups is 1. The summed E-state index contributed by atoms with van der Waals surface area (Å²) in [5.41, 5.74) is -0.347. The number of anilines is 1. The van der Waals surface area contributed by atoms with E-state index in [0.29, 0.717) is 23.2 Å². The first-order chi connectivity index (χ1) is 15.7. The van der Waals surface area contributed by atoms with E-state index >= 15 is 0 Å². The summed E-state index contributed by atoms with van der Waals surface area (Å²) in [6.07, 6.45) is -3.47. The zero-order valence-corrected chi connectivity index (χ0v) is 17.5. The highest BCUT2D eigenvalue weighted by molar-refractivity contribution is 7.74. The third kappa shape index (κ3) is 4.94. The van der Waals surface area contributed by atoms with Gasteiger partial charge in [0.25, 0.3) is 5.91 Å².